The normalized spacial score (nSPS) is 16.0. The standard InChI is InChI=1S/C19H17NO3S/c1-2-23-16-10-8-14(9-11-16)12-17-18(21)20(19(22)24-17)13-15-6-4-3-5-7-15/h3-12H,2,13H2,1H3. The van der Waals surface area contributed by atoms with Crippen molar-refractivity contribution in [3.05, 3.63) is 70.6 Å². The number of thioether (sulfide) groups is 1. The summed E-state index contributed by atoms with van der Waals surface area (Å²) in [7, 11) is 0. The lowest BCUT2D eigenvalue weighted by Gasteiger charge is -2.12. The zero-order valence-electron chi connectivity index (χ0n) is 13.3. The van der Waals surface area contributed by atoms with Crippen molar-refractivity contribution in [3.63, 3.8) is 0 Å². The van der Waals surface area contributed by atoms with Gasteiger partial charge in [-0.15, -0.1) is 0 Å². The predicted molar refractivity (Wildman–Crippen MR) is 95.6 cm³/mol. The van der Waals surface area contributed by atoms with Gasteiger partial charge in [-0.25, -0.2) is 0 Å². The van der Waals surface area contributed by atoms with E-state index in [0.717, 1.165) is 28.6 Å². The van der Waals surface area contributed by atoms with Crippen molar-refractivity contribution in [1.29, 1.82) is 0 Å². The molecule has 3 rings (SSSR count). The molecule has 0 N–H and O–H groups in total. The lowest BCUT2D eigenvalue weighted by molar-refractivity contribution is -0.123. The van der Waals surface area contributed by atoms with Crippen LogP contribution in [0.1, 0.15) is 18.1 Å². The number of carbonyl (C=O) groups excluding carboxylic acids is 2. The second-order valence-electron chi connectivity index (χ2n) is 5.26. The molecule has 24 heavy (non-hydrogen) atoms. The van der Waals surface area contributed by atoms with Crippen LogP contribution in [0.3, 0.4) is 0 Å². The fourth-order valence-corrected chi connectivity index (χ4v) is 3.22. The van der Waals surface area contributed by atoms with Crippen molar-refractivity contribution < 1.29 is 14.3 Å². The van der Waals surface area contributed by atoms with Gasteiger partial charge >= 0.3 is 0 Å². The lowest BCUT2D eigenvalue weighted by atomic mass is 10.2. The minimum atomic E-state index is -0.247. The number of ether oxygens (including phenoxy) is 1. The van der Waals surface area contributed by atoms with E-state index >= 15 is 0 Å². The Labute approximate surface area is 145 Å². The van der Waals surface area contributed by atoms with Crippen LogP contribution in [-0.4, -0.2) is 22.7 Å². The zero-order chi connectivity index (χ0) is 16.9. The van der Waals surface area contributed by atoms with Gasteiger partial charge < -0.3 is 4.74 Å². The first-order valence-electron chi connectivity index (χ1n) is 7.69. The summed E-state index contributed by atoms with van der Waals surface area (Å²) < 4.78 is 5.40. The Balaban J connectivity index is 1.75. The second-order valence-corrected chi connectivity index (χ2v) is 6.25. The van der Waals surface area contributed by atoms with E-state index in [2.05, 4.69) is 0 Å². The maximum Gasteiger partial charge on any atom is 0.293 e. The Kier molecular flexibility index (Phi) is 5.01. The molecular weight excluding hydrogens is 322 g/mol. The van der Waals surface area contributed by atoms with Crippen LogP contribution in [0.15, 0.2) is 59.5 Å². The molecule has 0 aliphatic carbocycles. The SMILES string of the molecule is CCOc1ccc(C=C2SC(=O)N(Cc3ccccc3)C2=O)cc1. The predicted octanol–water partition coefficient (Wildman–Crippen LogP) is 4.32. The van der Waals surface area contributed by atoms with Gasteiger partial charge in [-0.2, -0.15) is 0 Å². The van der Waals surface area contributed by atoms with E-state index in [-0.39, 0.29) is 11.1 Å². The molecule has 0 radical (unpaired) electrons. The molecule has 2 aromatic carbocycles. The molecule has 5 heteroatoms. The van der Waals surface area contributed by atoms with Crippen molar-refractivity contribution in [3.8, 4) is 5.75 Å². The highest BCUT2D eigenvalue weighted by atomic mass is 32.2. The summed E-state index contributed by atoms with van der Waals surface area (Å²) in [6.07, 6.45) is 1.74. The van der Waals surface area contributed by atoms with E-state index in [1.165, 1.54) is 4.90 Å². The first kappa shape index (κ1) is 16.3. The van der Waals surface area contributed by atoms with Crippen LogP contribution < -0.4 is 4.74 Å². The van der Waals surface area contributed by atoms with Crippen LogP contribution in [0.2, 0.25) is 0 Å². The molecule has 0 atom stereocenters. The molecule has 4 nitrogen and oxygen atoms in total. The van der Waals surface area contributed by atoms with E-state index in [1.807, 2.05) is 61.5 Å². The fraction of sp³-hybridized carbons (Fsp3) is 0.158. The number of benzene rings is 2. The van der Waals surface area contributed by atoms with Crippen LogP contribution in [0.5, 0.6) is 5.75 Å². The third-order valence-corrected chi connectivity index (χ3v) is 4.45. The molecule has 0 unspecified atom stereocenters. The molecule has 1 fully saturated rings. The number of nitrogens with zero attached hydrogens (tertiary/aromatic N) is 1. The Morgan fingerprint density at radius 3 is 2.42 bits per heavy atom. The van der Waals surface area contributed by atoms with Gasteiger partial charge in [0.25, 0.3) is 11.1 Å². The van der Waals surface area contributed by atoms with Gasteiger partial charge in [-0.05, 0) is 48.0 Å². The fourth-order valence-electron chi connectivity index (χ4n) is 2.38. The lowest BCUT2D eigenvalue weighted by Crippen LogP contribution is -2.27. The molecule has 0 aromatic heterocycles. The van der Waals surface area contributed by atoms with Gasteiger partial charge in [0, 0.05) is 0 Å². The summed E-state index contributed by atoms with van der Waals surface area (Å²) in [5, 5.41) is -0.235. The molecule has 0 saturated carbocycles. The molecular formula is C19H17NO3S. The average molecular weight is 339 g/mol. The first-order chi connectivity index (χ1) is 11.7. The molecule has 1 aliphatic heterocycles. The van der Waals surface area contributed by atoms with Gasteiger partial charge in [0.05, 0.1) is 18.1 Å². The van der Waals surface area contributed by atoms with E-state index < -0.39 is 0 Å². The molecule has 2 amide bonds. The van der Waals surface area contributed by atoms with E-state index in [9.17, 15) is 9.59 Å². The molecule has 122 valence electrons. The number of carbonyl (C=O) groups is 2. The number of imide groups is 1. The smallest absolute Gasteiger partial charge is 0.293 e. The van der Waals surface area contributed by atoms with Crippen LogP contribution in [-0.2, 0) is 11.3 Å². The van der Waals surface area contributed by atoms with Gasteiger partial charge in [0.2, 0.25) is 0 Å². The Morgan fingerprint density at radius 2 is 1.75 bits per heavy atom. The van der Waals surface area contributed by atoms with Crippen LogP contribution in [0.25, 0.3) is 6.08 Å². The largest absolute Gasteiger partial charge is 0.494 e. The van der Waals surface area contributed by atoms with Gasteiger partial charge in [-0.3, -0.25) is 14.5 Å². The Morgan fingerprint density at radius 1 is 1.04 bits per heavy atom. The molecule has 1 saturated heterocycles. The first-order valence-corrected chi connectivity index (χ1v) is 8.51. The van der Waals surface area contributed by atoms with E-state index in [0.29, 0.717) is 18.1 Å². The molecule has 1 heterocycles. The number of hydrogen-bond donors (Lipinski definition) is 0. The number of rotatable bonds is 5. The molecule has 0 bridgehead atoms. The molecule has 2 aromatic rings. The summed E-state index contributed by atoms with van der Waals surface area (Å²) >= 11 is 0.978. The van der Waals surface area contributed by atoms with Crippen molar-refractivity contribution in [1.82, 2.24) is 4.90 Å². The summed E-state index contributed by atoms with van der Waals surface area (Å²) in [4.78, 5) is 26.3. The van der Waals surface area contributed by atoms with Crippen molar-refractivity contribution in [2.24, 2.45) is 0 Å². The highest BCUT2D eigenvalue weighted by Crippen LogP contribution is 2.33. The van der Waals surface area contributed by atoms with Crippen molar-refractivity contribution in [2.75, 3.05) is 6.61 Å². The van der Waals surface area contributed by atoms with Crippen molar-refractivity contribution >= 4 is 29.0 Å². The van der Waals surface area contributed by atoms with Gasteiger partial charge in [-0.1, -0.05) is 42.5 Å². The Hall–Kier alpha value is -2.53. The second kappa shape index (κ2) is 7.36. The summed E-state index contributed by atoms with van der Waals surface area (Å²) in [6.45, 7) is 2.83. The van der Waals surface area contributed by atoms with E-state index in [4.69, 9.17) is 4.74 Å². The van der Waals surface area contributed by atoms with Crippen LogP contribution in [0.4, 0.5) is 4.79 Å². The maximum atomic E-state index is 12.5. The third-order valence-electron chi connectivity index (χ3n) is 3.55. The number of amides is 2. The maximum absolute atomic E-state index is 12.5. The zero-order valence-corrected chi connectivity index (χ0v) is 14.1. The summed E-state index contributed by atoms with van der Waals surface area (Å²) in [6, 6.07) is 16.9. The highest BCUT2D eigenvalue weighted by Gasteiger charge is 2.34. The molecule has 0 spiro atoms. The van der Waals surface area contributed by atoms with Crippen molar-refractivity contribution in [2.45, 2.75) is 13.5 Å². The minimum Gasteiger partial charge on any atom is -0.494 e. The Bertz CT molecular complexity index is 769. The topological polar surface area (TPSA) is 46.6 Å². The monoisotopic (exact) mass is 339 g/mol. The number of hydrogen-bond acceptors (Lipinski definition) is 4. The van der Waals surface area contributed by atoms with Crippen LogP contribution in [0, 0.1) is 0 Å². The minimum absolute atomic E-state index is 0.235. The van der Waals surface area contributed by atoms with Gasteiger partial charge in [0.15, 0.2) is 0 Å². The van der Waals surface area contributed by atoms with Crippen LogP contribution >= 0.6 is 11.8 Å². The summed E-state index contributed by atoms with van der Waals surface area (Å²) in [5.74, 6) is 0.537. The van der Waals surface area contributed by atoms with Gasteiger partial charge in [0.1, 0.15) is 5.75 Å². The summed E-state index contributed by atoms with van der Waals surface area (Å²) in [5.41, 5.74) is 1.80. The van der Waals surface area contributed by atoms with E-state index in [1.54, 1.807) is 6.08 Å². The average Bonchev–Trinajstić information content (AvgIpc) is 2.85. The quantitative estimate of drug-likeness (QED) is 0.761. The molecule has 1 aliphatic rings. The highest BCUT2D eigenvalue weighted by molar-refractivity contribution is 8.18. The third kappa shape index (κ3) is 3.68.